The highest BCUT2D eigenvalue weighted by atomic mass is 32.2. The van der Waals surface area contributed by atoms with E-state index in [2.05, 4.69) is 16.8 Å². The molecule has 2 nitrogen and oxygen atoms in total. The van der Waals surface area contributed by atoms with Crippen LogP contribution in [0, 0.1) is 17.7 Å². The van der Waals surface area contributed by atoms with Gasteiger partial charge in [-0.3, -0.25) is 9.78 Å². The van der Waals surface area contributed by atoms with Crippen LogP contribution in [0.25, 0.3) is 0 Å². The number of hydrogen-bond donors (Lipinski definition) is 0. The van der Waals surface area contributed by atoms with Gasteiger partial charge in [0.05, 0.1) is 11.8 Å². The summed E-state index contributed by atoms with van der Waals surface area (Å²) in [7, 11) is 0. The van der Waals surface area contributed by atoms with E-state index in [0.29, 0.717) is 17.7 Å². The zero-order valence-electron chi connectivity index (χ0n) is 8.29. The second-order valence-electron chi connectivity index (χ2n) is 2.75. The minimum absolute atomic E-state index is 0.0758. The largest absolute Gasteiger partial charge is 0.288 e. The van der Waals surface area contributed by atoms with E-state index in [4.69, 9.17) is 0 Å². The third-order valence-electron chi connectivity index (χ3n) is 1.53. The molecule has 1 aromatic rings. The van der Waals surface area contributed by atoms with Gasteiger partial charge in [0.2, 0.25) is 0 Å². The van der Waals surface area contributed by atoms with Gasteiger partial charge in [-0.15, -0.1) is 0 Å². The first-order valence-corrected chi connectivity index (χ1v) is 5.40. The summed E-state index contributed by atoms with van der Waals surface area (Å²) >= 11 is 1.22. The Balaban J connectivity index is 2.45. The van der Waals surface area contributed by atoms with E-state index < -0.39 is 5.82 Å². The Morgan fingerprint density at radius 3 is 3.13 bits per heavy atom. The molecule has 1 rings (SSSR count). The van der Waals surface area contributed by atoms with Crippen molar-refractivity contribution < 1.29 is 9.18 Å². The standard InChI is InChI=1S/C11H10FNOS/c1-9(14)15-7-3-2-4-10-5-6-13-8-11(10)12/h5-6,8H,3,7H2,1H3. The topological polar surface area (TPSA) is 30.0 Å². The number of halogens is 1. The van der Waals surface area contributed by atoms with Crippen molar-refractivity contribution in [1.82, 2.24) is 4.98 Å². The lowest BCUT2D eigenvalue weighted by atomic mass is 10.2. The monoisotopic (exact) mass is 223 g/mol. The van der Waals surface area contributed by atoms with Crippen molar-refractivity contribution in [3.05, 3.63) is 29.8 Å². The van der Waals surface area contributed by atoms with Crippen LogP contribution < -0.4 is 0 Å². The number of rotatable bonds is 2. The molecule has 15 heavy (non-hydrogen) atoms. The molecule has 0 bridgehead atoms. The van der Waals surface area contributed by atoms with Gasteiger partial charge in [-0.2, -0.15) is 0 Å². The van der Waals surface area contributed by atoms with Gasteiger partial charge in [-0.1, -0.05) is 23.6 Å². The van der Waals surface area contributed by atoms with Gasteiger partial charge >= 0.3 is 0 Å². The number of aromatic nitrogens is 1. The minimum Gasteiger partial charge on any atom is -0.288 e. The molecule has 0 radical (unpaired) electrons. The summed E-state index contributed by atoms with van der Waals surface area (Å²) in [6.45, 7) is 1.51. The summed E-state index contributed by atoms with van der Waals surface area (Å²) in [5, 5.41) is 0.0758. The fourth-order valence-electron chi connectivity index (χ4n) is 0.880. The fourth-order valence-corrected chi connectivity index (χ4v) is 1.37. The van der Waals surface area contributed by atoms with Crippen molar-refractivity contribution in [1.29, 1.82) is 0 Å². The second-order valence-corrected chi connectivity index (χ2v) is 4.02. The van der Waals surface area contributed by atoms with Crippen molar-refractivity contribution in [3.63, 3.8) is 0 Å². The maximum absolute atomic E-state index is 13.0. The van der Waals surface area contributed by atoms with Gasteiger partial charge in [-0.05, 0) is 6.07 Å². The van der Waals surface area contributed by atoms with Crippen molar-refractivity contribution in [3.8, 4) is 11.8 Å². The van der Waals surface area contributed by atoms with Crippen molar-refractivity contribution in [2.75, 3.05) is 5.75 Å². The van der Waals surface area contributed by atoms with Crippen LogP contribution in [-0.4, -0.2) is 15.9 Å². The Hall–Kier alpha value is -1.34. The lowest BCUT2D eigenvalue weighted by Crippen LogP contribution is -1.86. The van der Waals surface area contributed by atoms with Crippen LogP contribution in [-0.2, 0) is 4.79 Å². The molecule has 0 fully saturated rings. The molecule has 0 atom stereocenters. The zero-order chi connectivity index (χ0) is 11.1. The predicted molar refractivity (Wildman–Crippen MR) is 58.8 cm³/mol. The summed E-state index contributed by atoms with van der Waals surface area (Å²) in [6.07, 6.45) is 3.21. The van der Waals surface area contributed by atoms with Gasteiger partial charge in [0.25, 0.3) is 0 Å². The van der Waals surface area contributed by atoms with E-state index in [0.717, 1.165) is 6.20 Å². The molecule has 0 N–H and O–H groups in total. The van der Waals surface area contributed by atoms with Crippen molar-refractivity contribution in [2.24, 2.45) is 0 Å². The number of carbonyl (C=O) groups excluding carboxylic acids is 1. The molecule has 0 saturated carbocycles. The Labute approximate surface area is 92.3 Å². The van der Waals surface area contributed by atoms with Crippen LogP contribution in [0.15, 0.2) is 18.5 Å². The highest BCUT2D eigenvalue weighted by Gasteiger charge is 1.95. The predicted octanol–water partition coefficient (Wildman–Crippen LogP) is 2.24. The summed E-state index contributed by atoms with van der Waals surface area (Å²) in [6, 6.07) is 1.53. The Morgan fingerprint density at radius 2 is 2.47 bits per heavy atom. The van der Waals surface area contributed by atoms with Gasteiger partial charge in [0, 0.05) is 25.3 Å². The summed E-state index contributed by atoms with van der Waals surface area (Å²) in [5.41, 5.74) is 0.345. The third kappa shape index (κ3) is 4.61. The van der Waals surface area contributed by atoms with Gasteiger partial charge in [0.15, 0.2) is 10.9 Å². The summed E-state index contributed by atoms with van der Waals surface area (Å²) in [5.74, 6) is 5.74. The number of thioether (sulfide) groups is 1. The van der Waals surface area contributed by atoms with E-state index in [1.54, 1.807) is 0 Å². The molecule has 0 aliphatic carbocycles. The lowest BCUT2D eigenvalue weighted by Gasteiger charge is -1.91. The minimum atomic E-state index is -0.413. The molecule has 0 saturated heterocycles. The lowest BCUT2D eigenvalue weighted by molar-refractivity contribution is -0.109. The zero-order valence-corrected chi connectivity index (χ0v) is 9.10. The normalized spacial score (nSPS) is 9.20. The van der Waals surface area contributed by atoms with E-state index >= 15 is 0 Å². The highest BCUT2D eigenvalue weighted by molar-refractivity contribution is 8.13. The van der Waals surface area contributed by atoms with Crippen LogP contribution in [0.4, 0.5) is 4.39 Å². The first kappa shape index (κ1) is 11.7. The Kier molecular flexibility index (Phi) is 4.85. The molecule has 0 aromatic carbocycles. The van der Waals surface area contributed by atoms with Crippen LogP contribution in [0.1, 0.15) is 18.9 Å². The molecular weight excluding hydrogens is 213 g/mol. The van der Waals surface area contributed by atoms with Crippen molar-refractivity contribution in [2.45, 2.75) is 13.3 Å². The molecular formula is C11H10FNOS. The molecule has 0 spiro atoms. The number of carbonyl (C=O) groups is 1. The smallest absolute Gasteiger partial charge is 0.185 e. The highest BCUT2D eigenvalue weighted by Crippen LogP contribution is 2.04. The van der Waals surface area contributed by atoms with Crippen LogP contribution in [0.5, 0.6) is 0 Å². The molecule has 0 aliphatic heterocycles. The molecule has 1 heterocycles. The third-order valence-corrected chi connectivity index (χ3v) is 2.34. The molecule has 0 amide bonds. The van der Waals surface area contributed by atoms with Gasteiger partial charge in [-0.25, -0.2) is 4.39 Å². The number of pyridine rings is 1. The number of nitrogens with zero attached hydrogens (tertiary/aromatic N) is 1. The van der Waals surface area contributed by atoms with Gasteiger partial charge < -0.3 is 0 Å². The molecule has 1 aromatic heterocycles. The second kappa shape index (κ2) is 6.20. The molecule has 0 unspecified atom stereocenters. The molecule has 78 valence electrons. The fraction of sp³-hybridized carbons (Fsp3) is 0.273. The summed E-state index contributed by atoms with van der Waals surface area (Å²) < 4.78 is 13.0. The van der Waals surface area contributed by atoms with E-state index in [1.807, 2.05) is 0 Å². The first-order valence-electron chi connectivity index (χ1n) is 4.42. The van der Waals surface area contributed by atoms with Crippen LogP contribution >= 0.6 is 11.8 Å². The van der Waals surface area contributed by atoms with Gasteiger partial charge in [0.1, 0.15) is 0 Å². The Morgan fingerprint density at radius 1 is 1.67 bits per heavy atom. The van der Waals surface area contributed by atoms with E-state index in [9.17, 15) is 9.18 Å². The first-order chi connectivity index (χ1) is 7.20. The van der Waals surface area contributed by atoms with Crippen LogP contribution in [0.3, 0.4) is 0 Å². The van der Waals surface area contributed by atoms with E-state index in [-0.39, 0.29) is 5.12 Å². The average Bonchev–Trinajstić information content (AvgIpc) is 2.20. The quantitative estimate of drug-likeness (QED) is 0.569. The average molecular weight is 223 g/mol. The number of hydrogen-bond acceptors (Lipinski definition) is 3. The Bertz CT molecular complexity index is 409. The molecule has 4 heteroatoms. The van der Waals surface area contributed by atoms with Crippen LogP contribution in [0.2, 0.25) is 0 Å². The SMILES string of the molecule is CC(=O)SCCC#Cc1ccncc1F. The van der Waals surface area contributed by atoms with E-state index in [1.165, 1.54) is 30.9 Å². The van der Waals surface area contributed by atoms with Crippen molar-refractivity contribution >= 4 is 16.9 Å². The molecule has 0 aliphatic rings. The maximum atomic E-state index is 13.0. The summed E-state index contributed by atoms with van der Waals surface area (Å²) in [4.78, 5) is 14.2. The maximum Gasteiger partial charge on any atom is 0.185 e.